The largest absolute Gasteiger partial charge is 0.484 e. The summed E-state index contributed by atoms with van der Waals surface area (Å²) < 4.78 is 12.4. The van der Waals surface area contributed by atoms with Gasteiger partial charge in [-0.25, -0.2) is 0 Å². The van der Waals surface area contributed by atoms with E-state index in [1.807, 2.05) is 38.1 Å². The number of aryl methyl sites for hydroxylation is 2. The molecule has 0 radical (unpaired) electrons. The van der Waals surface area contributed by atoms with Crippen molar-refractivity contribution in [2.75, 3.05) is 11.9 Å². The smallest absolute Gasteiger partial charge is 0.262 e. The molecule has 1 amide bonds. The molecule has 4 rings (SSSR count). The molecule has 0 saturated heterocycles. The number of anilines is 1. The molecule has 0 atom stereocenters. The van der Waals surface area contributed by atoms with E-state index >= 15 is 0 Å². The van der Waals surface area contributed by atoms with E-state index < -0.39 is 0 Å². The SMILES string of the molecule is Cc1cc2oc3cc(NC(=O)COc4ccc(Br)cc4)ccc3c(=O)c2cc1C. The van der Waals surface area contributed by atoms with E-state index in [0.717, 1.165) is 15.6 Å². The third kappa shape index (κ3) is 4.03. The van der Waals surface area contributed by atoms with E-state index in [-0.39, 0.29) is 17.9 Å². The summed E-state index contributed by atoms with van der Waals surface area (Å²) in [6, 6.07) is 16.0. The van der Waals surface area contributed by atoms with Crippen LogP contribution in [-0.2, 0) is 4.79 Å². The molecule has 1 N–H and O–H groups in total. The topological polar surface area (TPSA) is 68.5 Å². The summed E-state index contributed by atoms with van der Waals surface area (Å²) in [4.78, 5) is 25.0. The third-order valence-electron chi connectivity index (χ3n) is 4.75. The lowest BCUT2D eigenvalue weighted by molar-refractivity contribution is -0.118. The van der Waals surface area contributed by atoms with E-state index in [9.17, 15) is 9.59 Å². The molecule has 0 unspecified atom stereocenters. The van der Waals surface area contributed by atoms with Crippen LogP contribution in [0.2, 0.25) is 0 Å². The Bertz CT molecular complexity index is 1290. The predicted octanol–water partition coefficient (Wildman–Crippen LogP) is 5.34. The van der Waals surface area contributed by atoms with E-state index in [1.54, 1.807) is 30.3 Å². The van der Waals surface area contributed by atoms with Gasteiger partial charge in [0.15, 0.2) is 6.61 Å². The number of benzene rings is 3. The molecule has 4 aromatic rings. The molecule has 0 spiro atoms. The van der Waals surface area contributed by atoms with Crippen LogP contribution in [0.1, 0.15) is 11.1 Å². The van der Waals surface area contributed by atoms with Gasteiger partial charge in [-0.15, -0.1) is 0 Å². The highest BCUT2D eigenvalue weighted by Gasteiger charge is 2.11. The zero-order valence-electron chi connectivity index (χ0n) is 15.9. The molecule has 146 valence electrons. The summed E-state index contributed by atoms with van der Waals surface area (Å²) in [6.07, 6.45) is 0. The van der Waals surface area contributed by atoms with Gasteiger partial charge in [0, 0.05) is 16.2 Å². The molecule has 0 aliphatic heterocycles. The van der Waals surface area contributed by atoms with Crippen LogP contribution in [0.25, 0.3) is 21.9 Å². The summed E-state index contributed by atoms with van der Waals surface area (Å²) in [5, 5.41) is 3.80. The average molecular weight is 452 g/mol. The quantitative estimate of drug-likeness (QED) is 0.425. The lowest BCUT2D eigenvalue weighted by Crippen LogP contribution is -2.20. The second kappa shape index (κ2) is 7.72. The zero-order valence-corrected chi connectivity index (χ0v) is 17.5. The van der Waals surface area contributed by atoms with E-state index in [0.29, 0.717) is 33.4 Å². The minimum Gasteiger partial charge on any atom is -0.484 e. The van der Waals surface area contributed by atoms with Gasteiger partial charge in [0.25, 0.3) is 5.91 Å². The molecule has 6 heteroatoms. The first-order valence-corrected chi connectivity index (χ1v) is 9.86. The van der Waals surface area contributed by atoms with Gasteiger partial charge in [0.1, 0.15) is 16.9 Å². The van der Waals surface area contributed by atoms with E-state index in [1.165, 1.54) is 0 Å². The number of fused-ring (bicyclic) bond motifs is 2. The molecule has 5 nitrogen and oxygen atoms in total. The van der Waals surface area contributed by atoms with Crippen molar-refractivity contribution >= 4 is 49.5 Å². The van der Waals surface area contributed by atoms with Crippen molar-refractivity contribution in [1.29, 1.82) is 0 Å². The van der Waals surface area contributed by atoms with Gasteiger partial charge in [-0.1, -0.05) is 15.9 Å². The minimum atomic E-state index is -0.304. The molecule has 1 aromatic heterocycles. The fraction of sp³-hybridized carbons (Fsp3) is 0.130. The molecule has 0 bridgehead atoms. The first kappa shape index (κ1) is 19.2. The number of hydrogen-bond acceptors (Lipinski definition) is 4. The van der Waals surface area contributed by atoms with Crippen molar-refractivity contribution in [3.05, 3.63) is 80.4 Å². The van der Waals surface area contributed by atoms with E-state index in [4.69, 9.17) is 9.15 Å². The van der Waals surface area contributed by atoms with Crippen molar-refractivity contribution in [2.45, 2.75) is 13.8 Å². The molecular formula is C23H18BrNO4. The molecule has 1 heterocycles. The Morgan fingerprint density at radius 3 is 2.41 bits per heavy atom. The maximum Gasteiger partial charge on any atom is 0.262 e. The van der Waals surface area contributed by atoms with Gasteiger partial charge in [0.05, 0.1) is 10.8 Å². The fourth-order valence-electron chi connectivity index (χ4n) is 3.06. The Labute approximate surface area is 175 Å². The Morgan fingerprint density at radius 2 is 1.66 bits per heavy atom. The Kier molecular flexibility index (Phi) is 5.11. The maximum absolute atomic E-state index is 12.8. The Hall–Kier alpha value is -3.12. The number of amides is 1. The summed E-state index contributed by atoms with van der Waals surface area (Å²) >= 11 is 3.35. The second-order valence-corrected chi connectivity index (χ2v) is 7.78. The molecule has 0 aliphatic carbocycles. The van der Waals surface area contributed by atoms with Crippen molar-refractivity contribution in [2.24, 2.45) is 0 Å². The van der Waals surface area contributed by atoms with Crippen LogP contribution in [0.15, 0.2) is 68.3 Å². The van der Waals surface area contributed by atoms with Gasteiger partial charge in [0.2, 0.25) is 5.43 Å². The number of carbonyl (C=O) groups is 1. The molecule has 29 heavy (non-hydrogen) atoms. The predicted molar refractivity (Wildman–Crippen MR) is 118 cm³/mol. The Morgan fingerprint density at radius 1 is 0.966 bits per heavy atom. The van der Waals surface area contributed by atoms with Crippen LogP contribution in [-0.4, -0.2) is 12.5 Å². The fourth-order valence-corrected chi connectivity index (χ4v) is 3.33. The first-order chi connectivity index (χ1) is 13.9. The van der Waals surface area contributed by atoms with Gasteiger partial charge in [-0.2, -0.15) is 0 Å². The van der Waals surface area contributed by atoms with Crippen molar-refractivity contribution in [3.8, 4) is 5.75 Å². The lowest BCUT2D eigenvalue weighted by atomic mass is 10.1. The maximum atomic E-state index is 12.8. The number of nitrogens with one attached hydrogen (secondary N) is 1. The van der Waals surface area contributed by atoms with Crippen molar-refractivity contribution < 1.29 is 13.9 Å². The summed E-state index contributed by atoms with van der Waals surface area (Å²) in [6.45, 7) is 3.81. The third-order valence-corrected chi connectivity index (χ3v) is 5.28. The van der Waals surface area contributed by atoms with Crippen LogP contribution in [0.5, 0.6) is 5.75 Å². The van der Waals surface area contributed by atoms with Gasteiger partial charge < -0.3 is 14.5 Å². The van der Waals surface area contributed by atoms with Crippen LogP contribution < -0.4 is 15.5 Å². The number of halogens is 1. The van der Waals surface area contributed by atoms with Gasteiger partial charge in [-0.05, 0) is 73.5 Å². The van der Waals surface area contributed by atoms with Crippen LogP contribution >= 0.6 is 15.9 Å². The van der Waals surface area contributed by atoms with E-state index in [2.05, 4.69) is 21.2 Å². The van der Waals surface area contributed by atoms with Crippen molar-refractivity contribution in [3.63, 3.8) is 0 Å². The number of ether oxygens (including phenoxy) is 1. The summed E-state index contributed by atoms with van der Waals surface area (Å²) in [5.74, 6) is 0.298. The lowest BCUT2D eigenvalue weighted by Gasteiger charge is -2.09. The highest BCUT2D eigenvalue weighted by molar-refractivity contribution is 9.10. The number of carbonyl (C=O) groups excluding carboxylic acids is 1. The average Bonchev–Trinajstić information content (AvgIpc) is 2.69. The molecule has 0 fully saturated rings. The zero-order chi connectivity index (χ0) is 20.5. The van der Waals surface area contributed by atoms with Crippen LogP contribution in [0.4, 0.5) is 5.69 Å². The normalized spacial score (nSPS) is 11.0. The van der Waals surface area contributed by atoms with Crippen LogP contribution in [0, 0.1) is 13.8 Å². The molecule has 0 saturated carbocycles. The summed E-state index contributed by atoms with van der Waals surface area (Å²) in [7, 11) is 0. The summed E-state index contributed by atoms with van der Waals surface area (Å²) in [5.41, 5.74) is 3.51. The number of rotatable bonds is 4. The Balaban J connectivity index is 1.57. The van der Waals surface area contributed by atoms with Gasteiger partial charge >= 0.3 is 0 Å². The van der Waals surface area contributed by atoms with Crippen molar-refractivity contribution in [1.82, 2.24) is 0 Å². The highest BCUT2D eigenvalue weighted by Crippen LogP contribution is 2.24. The second-order valence-electron chi connectivity index (χ2n) is 6.87. The molecular weight excluding hydrogens is 434 g/mol. The standard InChI is InChI=1S/C23H18BrNO4/c1-13-9-19-20(10-14(13)2)29-21-11-16(5-8-18(21)23(19)27)25-22(26)12-28-17-6-3-15(24)4-7-17/h3-11H,12H2,1-2H3,(H,25,26). The molecule has 0 aliphatic rings. The monoisotopic (exact) mass is 451 g/mol. The van der Waals surface area contributed by atoms with Gasteiger partial charge in [-0.3, -0.25) is 9.59 Å². The minimum absolute atomic E-state index is 0.0826. The highest BCUT2D eigenvalue weighted by atomic mass is 79.9. The number of hydrogen-bond donors (Lipinski definition) is 1. The molecule has 3 aromatic carbocycles. The first-order valence-electron chi connectivity index (χ1n) is 9.07. The van der Waals surface area contributed by atoms with Crippen LogP contribution in [0.3, 0.4) is 0 Å².